The molecule has 0 spiro atoms. The van der Waals surface area contributed by atoms with Crippen molar-refractivity contribution in [2.75, 3.05) is 25.4 Å². The first-order chi connectivity index (χ1) is 9.99. The van der Waals surface area contributed by atoms with Crippen molar-refractivity contribution in [3.63, 3.8) is 0 Å². The predicted octanol–water partition coefficient (Wildman–Crippen LogP) is 0.856. The second kappa shape index (κ2) is 7.00. The lowest BCUT2D eigenvalue weighted by Crippen LogP contribution is -2.38. The molecule has 2 rings (SSSR count). The van der Waals surface area contributed by atoms with Crippen LogP contribution in [0.25, 0.3) is 0 Å². The van der Waals surface area contributed by atoms with Gasteiger partial charge < -0.3 is 4.90 Å². The van der Waals surface area contributed by atoms with E-state index in [1.807, 2.05) is 12.1 Å². The molecular weight excluding hydrogens is 290 g/mol. The Hall–Kier alpha value is -1.47. The molecule has 21 heavy (non-hydrogen) atoms. The minimum Gasteiger partial charge on any atom is -0.338 e. The molecule has 0 aliphatic carbocycles. The summed E-state index contributed by atoms with van der Waals surface area (Å²) >= 11 is 0. The molecule has 1 aliphatic heterocycles. The number of hydrogen-bond acceptors (Lipinski definition) is 4. The van der Waals surface area contributed by atoms with E-state index in [0.29, 0.717) is 19.6 Å². The van der Waals surface area contributed by atoms with E-state index >= 15 is 0 Å². The van der Waals surface area contributed by atoms with Crippen molar-refractivity contribution < 1.29 is 13.2 Å². The number of aromatic nitrogens is 1. The Morgan fingerprint density at radius 3 is 2.48 bits per heavy atom. The lowest BCUT2D eigenvalue weighted by molar-refractivity contribution is -0.129. The molecule has 7 heteroatoms. The number of hydrogen-bond donors (Lipinski definition) is 0. The molecule has 0 unspecified atom stereocenters. The first-order valence-corrected chi connectivity index (χ1v) is 8.72. The van der Waals surface area contributed by atoms with E-state index in [1.165, 1.54) is 11.2 Å². The average Bonchev–Trinajstić information content (AvgIpc) is 2.99. The molecule has 1 aromatic heterocycles. The van der Waals surface area contributed by atoms with Crippen LogP contribution >= 0.6 is 0 Å². The SMILES string of the molecule is CC(=O)N(CCS(=O)(=O)N1CCCC1)Cc1ccncc1. The molecule has 2 heterocycles. The van der Waals surface area contributed by atoms with E-state index in [-0.39, 0.29) is 18.2 Å². The summed E-state index contributed by atoms with van der Waals surface area (Å²) in [6, 6.07) is 3.65. The first-order valence-electron chi connectivity index (χ1n) is 7.11. The van der Waals surface area contributed by atoms with Crippen LogP contribution in [0, 0.1) is 0 Å². The molecule has 0 atom stereocenters. The zero-order valence-corrected chi connectivity index (χ0v) is 13.1. The highest BCUT2D eigenvalue weighted by atomic mass is 32.2. The largest absolute Gasteiger partial charge is 0.338 e. The van der Waals surface area contributed by atoms with Gasteiger partial charge in [0.15, 0.2) is 0 Å². The highest BCUT2D eigenvalue weighted by Crippen LogP contribution is 2.13. The van der Waals surface area contributed by atoms with Crippen molar-refractivity contribution in [2.24, 2.45) is 0 Å². The molecule has 0 aromatic carbocycles. The van der Waals surface area contributed by atoms with E-state index < -0.39 is 10.0 Å². The first kappa shape index (κ1) is 15.9. The Morgan fingerprint density at radius 1 is 1.29 bits per heavy atom. The van der Waals surface area contributed by atoms with Crippen molar-refractivity contribution in [1.82, 2.24) is 14.2 Å². The van der Waals surface area contributed by atoms with Gasteiger partial charge in [-0.1, -0.05) is 0 Å². The van der Waals surface area contributed by atoms with Gasteiger partial charge >= 0.3 is 0 Å². The van der Waals surface area contributed by atoms with Crippen molar-refractivity contribution in [2.45, 2.75) is 26.3 Å². The molecule has 1 saturated heterocycles. The van der Waals surface area contributed by atoms with Gasteiger partial charge in [-0.25, -0.2) is 12.7 Å². The third-order valence-electron chi connectivity index (χ3n) is 3.65. The van der Waals surface area contributed by atoms with E-state index in [1.54, 1.807) is 17.3 Å². The second-order valence-corrected chi connectivity index (χ2v) is 7.31. The third-order valence-corrected chi connectivity index (χ3v) is 5.50. The molecule has 1 amide bonds. The average molecular weight is 311 g/mol. The van der Waals surface area contributed by atoms with Crippen LogP contribution in [0.4, 0.5) is 0 Å². The van der Waals surface area contributed by atoms with Gasteiger partial charge in [0.05, 0.1) is 5.75 Å². The van der Waals surface area contributed by atoms with E-state index in [9.17, 15) is 13.2 Å². The standard InChI is InChI=1S/C14H21N3O3S/c1-13(18)16(12-14-4-6-15-7-5-14)10-11-21(19,20)17-8-2-3-9-17/h4-7H,2-3,8-12H2,1H3. The third kappa shape index (κ3) is 4.50. The van der Waals surface area contributed by atoms with E-state index in [4.69, 9.17) is 0 Å². The fourth-order valence-corrected chi connectivity index (χ4v) is 3.90. The Kier molecular flexibility index (Phi) is 5.30. The molecule has 1 fully saturated rings. The van der Waals surface area contributed by atoms with Gasteiger partial charge in [0, 0.05) is 45.5 Å². The maximum Gasteiger partial charge on any atom is 0.219 e. The van der Waals surface area contributed by atoms with Gasteiger partial charge in [0.2, 0.25) is 15.9 Å². The summed E-state index contributed by atoms with van der Waals surface area (Å²) in [4.78, 5) is 17.2. The summed E-state index contributed by atoms with van der Waals surface area (Å²) in [5.74, 6) is -0.138. The zero-order valence-electron chi connectivity index (χ0n) is 12.2. The van der Waals surface area contributed by atoms with Gasteiger partial charge in [-0.15, -0.1) is 0 Å². The summed E-state index contributed by atoms with van der Waals surface area (Å²) in [5.41, 5.74) is 0.943. The van der Waals surface area contributed by atoms with Gasteiger partial charge in [-0.3, -0.25) is 9.78 Å². The van der Waals surface area contributed by atoms with Crippen LogP contribution in [0.2, 0.25) is 0 Å². The maximum atomic E-state index is 12.2. The number of carbonyl (C=O) groups is 1. The number of carbonyl (C=O) groups excluding carboxylic acids is 1. The van der Waals surface area contributed by atoms with Gasteiger partial charge in [-0.2, -0.15) is 0 Å². The van der Waals surface area contributed by atoms with Gasteiger partial charge in [0.1, 0.15) is 0 Å². The number of rotatable bonds is 6. The van der Waals surface area contributed by atoms with E-state index in [2.05, 4.69) is 4.98 Å². The van der Waals surface area contributed by atoms with Crippen LogP contribution in [0.15, 0.2) is 24.5 Å². The molecule has 0 saturated carbocycles. The summed E-state index contributed by atoms with van der Waals surface area (Å²) in [7, 11) is -3.25. The monoisotopic (exact) mass is 311 g/mol. The number of nitrogens with zero attached hydrogens (tertiary/aromatic N) is 3. The van der Waals surface area contributed by atoms with Crippen LogP contribution in [0.3, 0.4) is 0 Å². The van der Waals surface area contributed by atoms with Crippen LogP contribution in [0.5, 0.6) is 0 Å². The molecule has 6 nitrogen and oxygen atoms in total. The number of sulfonamides is 1. The van der Waals surface area contributed by atoms with Crippen LogP contribution in [-0.2, 0) is 21.4 Å². The summed E-state index contributed by atoms with van der Waals surface area (Å²) in [6.45, 7) is 3.30. The minimum absolute atomic E-state index is 0.0162. The van der Waals surface area contributed by atoms with Gasteiger partial charge in [0.25, 0.3) is 0 Å². The summed E-state index contributed by atoms with van der Waals surface area (Å²) in [6.07, 6.45) is 5.17. The van der Waals surface area contributed by atoms with Crippen LogP contribution in [0.1, 0.15) is 25.3 Å². The van der Waals surface area contributed by atoms with Gasteiger partial charge in [-0.05, 0) is 30.5 Å². The quantitative estimate of drug-likeness (QED) is 0.781. The molecule has 1 aliphatic rings. The van der Waals surface area contributed by atoms with Crippen LogP contribution in [-0.4, -0.2) is 53.9 Å². The van der Waals surface area contributed by atoms with Crippen LogP contribution < -0.4 is 0 Å². The Balaban J connectivity index is 1.95. The number of pyridine rings is 1. The Morgan fingerprint density at radius 2 is 1.90 bits per heavy atom. The lowest BCUT2D eigenvalue weighted by atomic mass is 10.2. The second-order valence-electron chi connectivity index (χ2n) is 5.22. The molecule has 0 bridgehead atoms. The lowest BCUT2D eigenvalue weighted by Gasteiger charge is -2.23. The Bertz CT molecular complexity index is 568. The number of amides is 1. The molecule has 0 N–H and O–H groups in total. The van der Waals surface area contributed by atoms with Crippen molar-refractivity contribution in [1.29, 1.82) is 0 Å². The fourth-order valence-electron chi connectivity index (χ4n) is 2.38. The maximum absolute atomic E-state index is 12.2. The Labute approximate surface area is 125 Å². The highest BCUT2D eigenvalue weighted by molar-refractivity contribution is 7.89. The topological polar surface area (TPSA) is 70.6 Å². The molecule has 1 aromatic rings. The fraction of sp³-hybridized carbons (Fsp3) is 0.571. The predicted molar refractivity (Wildman–Crippen MR) is 79.9 cm³/mol. The highest BCUT2D eigenvalue weighted by Gasteiger charge is 2.26. The smallest absolute Gasteiger partial charge is 0.219 e. The van der Waals surface area contributed by atoms with Crippen molar-refractivity contribution >= 4 is 15.9 Å². The molecule has 0 radical (unpaired) electrons. The minimum atomic E-state index is -3.25. The summed E-state index contributed by atoms with van der Waals surface area (Å²) in [5, 5.41) is 0. The van der Waals surface area contributed by atoms with Crippen molar-refractivity contribution in [3.8, 4) is 0 Å². The molecule has 116 valence electrons. The van der Waals surface area contributed by atoms with Crippen molar-refractivity contribution in [3.05, 3.63) is 30.1 Å². The zero-order chi connectivity index (χ0) is 15.3. The summed E-state index contributed by atoms with van der Waals surface area (Å²) < 4.78 is 25.9. The van der Waals surface area contributed by atoms with E-state index in [0.717, 1.165) is 18.4 Å². The normalized spacial score (nSPS) is 16.0. The molecular formula is C14H21N3O3S.